The Labute approximate surface area is 87.8 Å². The number of rotatable bonds is 5. The first-order valence-electron chi connectivity index (χ1n) is 4.63. The maximum absolute atomic E-state index is 13.2. The van der Waals surface area contributed by atoms with Crippen LogP contribution < -0.4 is 9.47 Å². The fourth-order valence-electron chi connectivity index (χ4n) is 1.31. The lowest BCUT2D eigenvalue weighted by Gasteiger charge is -2.13. The van der Waals surface area contributed by atoms with E-state index in [4.69, 9.17) is 9.47 Å². The molecule has 0 amide bonds. The van der Waals surface area contributed by atoms with Crippen molar-refractivity contribution in [3.8, 4) is 11.5 Å². The highest BCUT2D eigenvalue weighted by Gasteiger charge is 2.17. The van der Waals surface area contributed by atoms with Gasteiger partial charge in [0.2, 0.25) is 0 Å². The molecular formula is C11H13FO3. The fourth-order valence-corrected chi connectivity index (χ4v) is 1.31. The highest BCUT2D eigenvalue weighted by molar-refractivity contribution is 5.64. The van der Waals surface area contributed by atoms with E-state index in [2.05, 4.69) is 0 Å². The second-order valence-electron chi connectivity index (χ2n) is 2.85. The third kappa shape index (κ3) is 2.46. The number of methoxy groups -OCH3 is 1. The van der Waals surface area contributed by atoms with Crippen LogP contribution in [0.2, 0.25) is 0 Å². The van der Waals surface area contributed by atoms with Gasteiger partial charge in [-0.2, -0.15) is 0 Å². The van der Waals surface area contributed by atoms with Crippen LogP contribution in [0, 0.1) is 0 Å². The molecule has 0 spiro atoms. The van der Waals surface area contributed by atoms with E-state index in [1.54, 1.807) is 12.1 Å². The molecule has 0 aromatic heterocycles. The van der Waals surface area contributed by atoms with Gasteiger partial charge in [0.25, 0.3) is 0 Å². The third-order valence-corrected chi connectivity index (χ3v) is 1.93. The molecule has 0 N–H and O–H groups in total. The van der Waals surface area contributed by atoms with Crippen LogP contribution in [0.4, 0.5) is 4.39 Å². The van der Waals surface area contributed by atoms with Crippen molar-refractivity contribution < 1.29 is 18.7 Å². The van der Waals surface area contributed by atoms with Gasteiger partial charge in [0, 0.05) is 5.56 Å². The predicted octanol–water partition coefficient (Wildman–Crippen LogP) is 2.30. The maximum Gasteiger partial charge on any atom is 0.184 e. The number of alkyl halides is 1. The third-order valence-electron chi connectivity index (χ3n) is 1.93. The van der Waals surface area contributed by atoms with E-state index in [0.29, 0.717) is 12.4 Å². The molecule has 4 heteroatoms. The van der Waals surface area contributed by atoms with E-state index in [0.717, 1.165) is 0 Å². The van der Waals surface area contributed by atoms with Crippen LogP contribution >= 0.6 is 0 Å². The largest absolute Gasteiger partial charge is 0.492 e. The summed E-state index contributed by atoms with van der Waals surface area (Å²) in [6.45, 7) is 2.27. The zero-order chi connectivity index (χ0) is 11.3. The maximum atomic E-state index is 13.2. The van der Waals surface area contributed by atoms with Crippen LogP contribution in [0.5, 0.6) is 11.5 Å². The van der Waals surface area contributed by atoms with E-state index in [1.165, 1.54) is 13.2 Å². The Morgan fingerprint density at radius 2 is 2.27 bits per heavy atom. The average molecular weight is 212 g/mol. The second kappa shape index (κ2) is 5.34. The van der Waals surface area contributed by atoms with Gasteiger partial charge in [-0.15, -0.1) is 0 Å². The molecule has 1 aromatic carbocycles. The number of carbonyl (C=O) groups is 1. The van der Waals surface area contributed by atoms with Crippen LogP contribution in [0.25, 0.3) is 0 Å². The number of hydrogen-bond donors (Lipinski definition) is 0. The molecule has 0 heterocycles. The van der Waals surface area contributed by atoms with Crippen molar-refractivity contribution in [1.82, 2.24) is 0 Å². The Balaban J connectivity index is 3.15. The lowest BCUT2D eigenvalue weighted by atomic mass is 10.1. The number of ether oxygens (including phenoxy) is 2. The molecule has 0 aliphatic heterocycles. The van der Waals surface area contributed by atoms with Gasteiger partial charge in [0.1, 0.15) is 0 Å². The minimum absolute atomic E-state index is 0.193. The van der Waals surface area contributed by atoms with Gasteiger partial charge < -0.3 is 9.47 Å². The molecule has 1 atom stereocenters. The molecular weight excluding hydrogens is 199 g/mol. The minimum atomic E-state index is -1.68. The Bertz CT molecular complexity index is 339. The van der Waals surface area contributed by atoms with E-state index in [-0.39, 0.29) is 17.6 Å². The molecule has 0 bridgehead atoms. The number of halogens is 1. The Hall–Kier alpha value is -1.58. The van der Waals surface area contributed by atoms with Crippen LogP contribution in [0.1, 0.15) is 18.7 Å². The first-order valence-corrected chi connectivity index (χ1v) is 4.63. The quantitative estimate of drug-likeness (QED) is 0.702. The highest BCUT2D eigenvalue weighted by atomic mass is 19.1. The van der Waals surface area contributed by atoms with Crippen LogP contribution in [0.15, 0.2) is 18.2 Å². The van der Waals surface area contributed by atoms with E-state index >= 15 is 0 Å². The van der Waals surface area contributed by atoms with Crippen molar-refractivity contribution >= 4 is 6.29 Å². The summed E-state index contributed by atoms with van der Waals surface area (Å²) in [6.07, 6.45) is -1.45. The molecule has 0 aliphatic rings. The number of benzene rings is 1. The summed E-state index contributed by atoms with van der Waals surface area (Å²) < 4.78 is 23.5. The summed E-state index contributed by atoms with van der Waals surface area (Å²) in [5.74, 6) is 0.723. The van der Waals surface area contributed by atoms with Gasteiger partial charge in [0.15, 0.2) is 24.0 Å². The standard InChI is InChI=1S/C11H13FO3/c1-3-15-10-6-4-5-8(9(12)7-13)11(10)14-2/h4-7,9H,3H2,1-2H3. The molecule has 0 radical (unpaired) electrons. The Morgan fingerprint density at radius 3 is 2.80 bits per heavy atom. The summed E-state index contributed by atoms with van der Waals surface area (Å²) in [5.41, 5.74) is 0.193. The van der Waals surface area contributed by atoms with Crippen LogP contribution in [-0.2, 0) is 4.79 Å². The van der Waals surface area contributed by atoms with Crippen molar-refractivity contribution in [1.29, 1.82) is 0 Å². The van der Waals surface area contributed by atoms with Crippen molar-refractivity contribution in [2.24, 2.45) is 0 Å². The summed E-state index contributed by atoms with van der Waals surface area (Å²) in [4.78, 5) is 10.4. The van der Waals surface area contributed by atoms with E-state index in [1.807, 2.05) is 6.92 Å². The highest BCUT2D eigenvalue weighted by Crippen LogP contribution is 2.35. The molecule has 0 fully saturated rings. The molecule has 3 nitrogen and oxygen atoms in total. The minimum Gasteiger partial charge on any atom is -0.492 e. The summed E-state index contributed by atoms with van der Waals surface area (Å²) in [6, 6.07) is 4.79. The van der Waals surface area contributed by atoms with Crippen molar-refractivity contribution in [3.63, 3.8) is 0 Å². The number of para-hydroxylation sites is 1. The van der Waals surface area contributed by atoms with Gasteiger partial charge in [-0.1, -0.05) is 12.1 Å². The molecule has 0 saturated heterocycles. The summed E-state index contributed by atoms with van der Waals surface area (Å²) in [7, 11) is 1.42. The number of hydrogen-bond acceptors (Lipinski definition) is 3. The van der Waals surface area contributed by atoms with Gasteiger partial charge in [0.05, 0.1) is 13.7 Å². The molecule has 15 heavy (non-hydrogen) atoms. The lowest BCUT2D eigenvalue weighted by molar-refractivity contribution is -0.112. The first kappa shape index (κ1) is 11.5. The summed E-state index contributed by atoms with van der Waals surface area (Å²) >= 11 is 0. The molecule has 82 valence electrons. The zero-order valence-electron chi connectivity index (χ0n) is 8.70. The molecule has 1 aromatic rings. The summed E-state index contributed by atoms with van der Waals surface area (Å²) in [5, 5.41) is 0. The van der Waals surface area contributed by atoms with E-state index in [9.17, 15) is 9.18 Å². The first-order chi connectivity index (χ1) is 7.24. The molecule has 1 unspecified atom stereocenters. The molecule has 1 rings (SSSR count). The number of aldehydes is 1. The Kier molecular flexibility index (Phi) is 4.09. The van der Waals surface area contributed by atoms with Crippen molar-refractivity contribution in [2.45, 2.75) is 13.1 Å². The lowest BCUT2D eigenvalue weighted by Crippen LogP contribution is -2.01. The second-order valence-corrected chi connectivity index (χ2v) is 2.85. The van der Waals surface area contributed by atoms with Crippen molar-refractivity contribution in [3.05, 3.63) is 23.8 Å². The number of carbonyl (C=O) groups excluding carboxylic acids is 1. The van der Waals surface area contributed by atoms with Crippen LogP contribution in [0.3, 0.4) is 0 Å². The van der Waals surface area contributed by atoms with Gasteiger partial charge in [-0.05, 0) is 13.0 Å². The normalized spacial score (nSPS) is 11.9. The van der Waals surface area contributed by atoms with E-state index < -0.39 is 6.17 Å². The fraction of sp³-hybridized carbons (Fsp3) is 0.364. The monoisotopic (exact) mass is 212 g/mol. The smallest absolute Gasteiger partial charge is 0.184 e. The topological polar surface area (TPSA) is 35.5 Å². The molecule has 0 saturated carbocycles. The Morgan fingerprint density at radius 1 is 1.53 bits per heavy atom. The average Bonchev–Trinajstić information content (AvgIpc) is 2.28. The van der Waals surface area contributed by atoms with Gasteiger partial charge in [-0.3, -0.25) is 4.79 Å². The van der Waals surface area contributed by atoms with Crippen molar-refractivity contribution in [2.75, 3.05) is 13.7 Å². The SMILES string of the molecule is CCOc1cccc(C(F)C=O)c1OC. The van der Waals surface area contributed by atoms with Gasteiger partial charge >= 0.3 is 0 Å². The predicted molar refractivity (Wildman–Crippen MR) is 54.1 cm³/mol. The molecule has 0 aliphatic carbocycles. The van der Waals surface area contributed by atoms with Gasteiger partial charge in [-0.25, -0.2) is 4.39 Å². The zero-order valence-corrected chi connectivity index (χ0v) is 8.70. The van der Waals surface area contributed by atoms with Crippen LogP contribution in [-0.4, -0.2) is 20.0 Å².